The Morgan fingerprint density at radius 2 is 2.29 bits per heavy atom. The van der Waals surface area contributed by atoms with Crippen LogP contribution < -0.4 is 0 Å². The molecule has 0 unspecified atom stereocenters. The second-order valence-corrected chi connectivity index (χ2v) is 3.46. The lowest BCUT2D eigenvalue weighted by molar-refractivity contribution is -0.135. The number of rotatable bonds is 2. The lowest BCUT2D eigenvalue weighted by Gasteiger charge is -1.95. The molecule has 84 valence electrons. The number of carboxylic acids is 1. The molecule has 4 nitrogen and oxygen atoms in total. The molecule has 17 heavy (non-hydrogen) atoms. The highest BCUT2D eigenvalue weighted by Crippen LogP contribution is 2.20. The minimum atomic E-state index is -0.964. The quantitative estimate of drug-likeness (QED) is 0.607. The maximum absolute atomic E-state index is 10.9. The number of fused-ring (bicyclic) bond motifs is 1. The SMILES string of the molecule is O=Cc1c[nH]c2cccc(C#CCC(=O)O)c12. The highest BCUT2D eigenvalue weighted by molar-refractivity contribution is 6.00. The molecule has 0 bridgehead atoms. The lowest BCUT2D eigenvalue weighted by Crippen LogP contribution is -1.90. The summed E-state index contributed by atoms with van der Waals surface area (Å²) < 4.78 is 0. The van der Waals surface area contributed by atoms with E-state index < -0.39 is 5.97 Å². The molecule has 0 atom stereocenters. The van der Waals surface area contributed by atoms with Gasteiger partial charge in [0.1, 0.15) is 6.42 Å². The van der Waals surface area contributed by atoms with Crippen LogP contribution in [-0.2, 0) is 4.79 Å². The van der Waals surface area contributed by atoms with Crippen molar-refractivity contribution in [2.45, 2.75) is 6.42 Å². The Morgan fingerprint density at radius 3 is 3.00 bits per heavy atom. The second kappa shape index (κ2) is 4.54. The predicted octanol–water partition coefficient (Wildman–Crippen LogP) is 1.81. The van der Waals surface area contributed by atoms with E-state index in [0.717, 1.165) is 17.2 Å². The first kappa shape index (κ1) is 11.0. The van der Waals surface area contributed by atoms with Crippen molar-refractivity contribution in [3.63, 3.8) is 0 Å². The van der Waals surface area contributed by atoms with Crippen molar-refractivity contribution in [1.29, 1.82) is 0 Å². The zero-order valence-electron chi connectivity index (χ0n) is 8.86. The normalized spacial score (nSPS) is 9.65. The average molecular weight is 227 g/mol. The van der Waals surface area contributed by atoms with Crippen LogP contribution in [0.5, 0.6) is 0 Å². The molecule has 0 aliphatic carbocycles. The summed E-state index contributed by atoms with van der Waals surface area (Å²) in [5.74, 6) is 4.36. The summed E-state index contributed by atoms with van der Waals surface area (Å²) in [5.41, 5.74) is 2.00. The van der Waals surface area contributed by atoms with Crippen LogP contribution in [-0.4, -0.2) is 22.3 Å². The van der Waals surface area contributed by atoms with Crippen LogP contribution in [0.15, 0.2) is 24.4 Å². The first-order valence-electron chi connectivity index (χ1n) is 4.98. The van der Waals surface area contributed by atoms with E-state index in [4.69, 9.17) is 5.11 Å². The molecule has 0 fully saturated rings. The van der Waals surface area contributed by atoms with E-state index in [-0.39, 0.29) is 6.42 Å². The average Bonchev–Trinajstić information content (AvgIpc) is 2.72. The first-order chi connectivity index (χ1) is 8.22. The molecule has 0 aliphatic heterocycles. The predicted molar refractivity (Wildman–Crippen MR) is 62.8 cm³/mol. The molecule has 0 saturated heterocycles. The van der Waals surface area contributed by atoms with Gasteiger partial charge in [0, 0.05) is 28.2 Å². The van der Waals surface area contributed by atoms with Gasteiger partial charge in [0.15, 0.2) is 6.29 Å². The largest absolute Gasteiger partial charge is 0.481 e. The maximum Gasteiger partial charge on any atom is 0.315 e. The summed E-state index contributed by atoms with van der Waals surface area (Å²) >= 11 is 0. The number of carbonyl (C=O) groups is 2. The van der Waals surface area contributed by atoms with E-state index in [1.54, 1.807) is 18.3 Å². The van der Waals surface area contributed by atoms with Crippen LogP contribution in [0, 0.1) is 11.8 Å². The Kier molecular flexibility index (Phi) is 2.93. The van der Waals surface area contributed by atoms with Gasteiger partial charge in [0.05, 0.1) is 0 Å². The third kappa shape index (κ3) is 2.18. The number of aldehydes is 1. The number of aliphatic carboxylic acids is 1. The number of carboxylic acid groups (broad SMARTS) is 1. The van der Waals surface area contributed by atoms with E-state index in [1.165, 1.54) is 0 Å². The zero-order chi connectivity index (χ0) is 12.3. The van der Waals surface area contributed by atoms with E-state index in [2.05, 4.69) is 16.8 Å². The van der Waals surface area contributed by atoms with Crippen molar-refractivity contribution >= 4 is 23.2 Å². The van der Waals surface area contributed by atoms with Crippen LogP contribution in [0.25, 0.3) is 10.9 Å². The Morgan fingerprint density at radius 1 is 1.47 bits per heavy atom. The summed E-state index contributed by atoms with van der Waals surface area (Å²) in [6, 6.07) is 5.40. The van der Waals surface area contributed by atoms with Gasteiger partial charge in [0.2, 0.25) is 0 Å². The van der Waals surface area contributed by atoms with Gasteiger partial charge < -0.3 is 10.1 Å². The number of hydrogen-bond acceptors (Lipinski definition) is 2. The van der Waals surface area contributed by atoms with E-state index >= 15 is 0 Å². The maximum atomic E-state index is 10.9. The number of carbonyl (C=O) groups excluding carboxylic acids is 1. The Hall–Kier alpha value is -2.54. The van der Waals surface area contributed by atoms with Gasteiger partial charge in [-0.2, -0.15) is 0 Å². The summed E-state index contributed by atoms with van der Waals surface area (Å²) in [6.07, 6.45) is 2.15. The molecule has 2 N–H and O–H groups in total. The molecule has 0 radical (unpaired) electrons. The van der Waals surface area contributed by atoms with Crippen molar-refractivity contribution in [2.24, 2.45) is 0 Å². The van der Waals surface area contributed by atoms with Gasteiger partial charge in [-0.15, -0.1) is 0 Å². The molecular weight excluding hydrogens is 218 g/mol. The first-order valence-corrected chi connectivity index (χ1v) is 4.98. The molecule has 1 heterocycles. The molecule has 2 rings (SSSR count). The fourth-order valence-electron chi connectivity index (χ4n) is 1.62. The van der Waals surface area contributed by atoms with Gasteiger partial charge in [-0.1, -0.05) is 17.9 Å². The van der Waals surface area contributed by atoms with E-state index in [1.807, 2.05) is 6.07 Å². The van der Waals surface area contributed by atoms with Crippen molar-refractivity contribution in [2.75, 3.05) is 0 Å². The third-order valence-electron chi connectivity index (χ3n) is 2.33. The van der Waals surface area contributed by atoms with Crippen LogP contribution in [0.2, 0.25) is 0 Å². The lowest BCUT2D eigenvalue weighted by atomic mass is 10.1. The van der Waals surface area contributed by atoms with Gasteiger partial charge in [-0.05, 0) is 12.1 Å². The van der Waals surface area contributed by atoms with Crippen molar-refractivity contribution in [3.05, 3.63) is 35.5 Å². The fourth-order valence-corrected chi connectivity index (χ4v) is 1.62. The number of aromatic amines is 1. The monoisotopic (exact) mass is 227 g/mol. The number of benzene rings is 1. The van der Waals surface area contributed by atoms with E-state index in [9.17, 15) is 9.59 Å². The van der Waals surface area contributed by atoms with Crippen molar-refractivity contribution in [1.82, 2.24) is 4.98 Å². The number of nitrogens with one attached hydrogen (secondary N) is 1. The number of H-pyrrole nitrogens is 1. The molecule has 2 aromatic rings. The van der Waals surface area contributed by atoms with Crippen molar-refractivity contribution < 1.29 is 14.7 Å². The summed E-state index contributed by atoms with van der Waals surface area (Å²) in [4.78, 5) is 24.2. The van der Waals surface area contributed by atoms with Gasteiger partial charge in [0.25, 0.3) is 0 Å². The smallest absolute Gasteiger partial charge is 0.315 e. The van der Waals surface area contributed by atoms with Crippen LogP contribution in [0.4, 0.5) is 0 Å². The minimum absolute atomic E-state index is 0.211. The zero-order valence-corrected chi connectivity index (χ0v) is 8.86. The Labute approximate surface area is 97.3 Å². The van der Waals surface area contributed by atoms with Crippen LogP contribution in [0.3, 0.4) is 0 Å². The molecule has 4 heteroatoms. The fraction of sp³-hybridized carbons (Fsp3) is 0.0769. The number of hydrogen-bond donors (Lipinski definition) is 2. The van der Waals surface area contributed by atoms with Crippen LogP contribution in [0.1, 0.15) is 22.3 Å². The molecule has 0 spiro atoms. The molecule has 0 saturated carbocycles. The minimum Gasteiger partial charge on any atom is -0.481 e. The van der Waals surface area contributed by atoms with Gasteiger partial charge in [-0.3, -0.25) is 9.59 Å². The van der Waals surface area contributed by atoms with Gasteiger partial charge in [-0.25, -0.2) is 0 Å². The molecular formula is C13H9NO3. The molecule has 0 amide bonds. The summed E-state index contributed by atoms with van der Waals surface area (Å²) in [6.45, 7) is 0. The summed E-state index contributed by atoms with van der Waals surface area (Å²) in [5, 5.41) is 9.24. The number of aromatic nitrogens is 1. The highest BCUT2D eigenvalue weighted by atomic mass is 16.4. The van der Waals surface area contributed by atoms with Gasteiger partial charge >= 0.3 is 5.97 Å². The molecule has 0 aliphatic rings. The Bertz CT molecular complexity index is 643. The Balaban J connectivity index is 2.51. The second-order valence-electron chi connectivity index (χ2n) is 3.46. The molecule has 1 aromatic heterocycles. The highest BCUT2D eigenvalue weighted by Gasteiger charge is 2.05. The third-order valence-corrected chi connectivity index (χ3v) is 2.33. The standard InChI is InChI=1S/C13H9NO3/c15-8-10-7-14-11-5-1-3-9(13(10)11)4-2-6-12(16)17/h1,3,5,7-8,14H,6H2,(H,16,17). The van der Waals surface area contributed by atoms with Crippen LogP contribution >= 0.6 is 0 Å². The van der Waals surface area contributed by atoms with Crippen molar-refractivity contribution in [3.8, 4) is 11.8 Å². The van der Waals surface area contributed by atoms with E-state index in [0.29, 0.717) is 11.1 Å². The molecule has 1 aromatic carbocycles. The topological polar surface area (TPSA) is 70.2 Å². The summed E-state index contributed by atoms with van der Waals surface area (Å²) in [7, 11) is 0.